The van der Waals surface area contributed by atoms with E-state index in [9.17, 15) is 0 Å². The number of benzene rings is 1. The molecule has 1 aromatic carbocycles. The Kier molecular flexibility index (Phi) is 4.64. The molecule has 1 N–H and O–H groups in total. The second kappa shape index (κ2) is 6.06. The van der Waals surface area contributed by atoms with Gasteiger partial charge in [-0.2, -0.15) is 0 Å². The van der Waals surface area contributed by atoms with Crippen molar-refractivity contribution >= 4 is 0 Å². The first-order chi connectivity index (χ1) is 9.02. The maximum Gasteiger partial charge on any atom is 0.0472 e. The monoisotopic (exact) mass is 260 g/mol. The second-order valence-electron chi connectivity index (χ2n) is 6.83. The molecular weight excluding hydrogens is 232 g/mol. The first-order valence-corrected chi connectivity index (χ1v) is 7.46. The molecule has 0 bridgehead atoms. The lowest BCUT2D eigenvalue weighted by Gasteiger charge is -2.31. The highest BCUT2D eigenvalue weighted by Gasteiger charge is 2.34. The number of nitrogens with one attached hydrogen (secondary N) is 1. The van der Waals surface area contributed by atoms with Crippen LogP contribution in [-0.2, 0) is 0 Å². The molecule has 1 fully saturated rings. The van der Waals surface area contributed by atoms with Gasteiger partial charge in [0.15, 0.2) is 0 Å². The molecule has 0 aromatic heterocycles. The fourth-order valence-electron chi connectivity index (χ4n) is 3.10. The van der Waals surface area contributed by atoms with Gasteiger partial charge in [0, 0.05) is 19.1 Å². The van der Waals surface area contributed by atoms with Crippen molar-refractivity contribution in [3.05, 3.63) is 35.9 Å². The molecule has 2 heteroatoms. The molecule has 1 heterocycles. The summed E-state index contributed by atoms with van der Waals surface area (Å²) in [4.78, 5) is 2.65. The van der Waals surface area contributed by atoms with E-state index in [1.807, 2.05) is 7.05 Å². The van der Waals surface area contributed by atoms with Crippen molar-refractivity contribution < 1.29 is 0 Å². The molecule has 19 heavy (non-hydrogen) atoms. The van der Waals surface area contributed by atoms with Gasteiger partial charge in [0.25, 0.3) is 0 Å². The molecule has 1 saturated heterocycles. The smallest absolute Gasteiger partial charge is 0.0472 e. The number of nitrogens with zero attached hydrogens (tertiary/aromatic N) is 1. The molecule has 106 valence electrons. The number of likely N-dealkylation sites (N-methyl/N-ethyl adjacent to an activating group) is 1. The van der Waals surface area contributed by atoms with Crippen molar-refractivity contribution in [2.45, 2.75) is 33.2 Å². The summed E-state index contributed by atoms with van der Waals surface area (Å²) in [6, 6.07) is 11.4. The van der Waals surface area contributed by atoms with Crippen LogP contribution in [0.25, 0.3) is 0 Å². The average Bonchev–Trinajstić information content (AvgIpc) is 2.86. The van der Waals surface area contributed by atoms with Crippen LogP contribution in [0, 0.1) is 11.3 Å². The van der Waals surface area contributed by atoms with Gasteiger partial charge in [0.1, 0.15) is 0 Å². The highest BCUT2D eigenvalue weighted by atomic mass is 15.2. The molecular formula is C17H28N2. The van der Waals surface area contributed by atoms with Gasteiger partial charge >= 0.3 is 0 Å². The maximum atomic E-state index is 3.36. The summed E-state index contributed by atoms with van der Waals surface area (Å²) in [5.41, 5.74) is 1.86. The lowest BCUT2D eigenvalue weighted by Crippen LogP contribution is -2.34. The molecule has 0 amide bonds. The van der Waals surface area contributed by atoms with Crippen LogP contribution in [0.1, 0.15) is 38.8 Å². The molecule has 2 atom stereocenters. The van der Waals surface area contributed by atoms with Crippen LogP contribution in [0.15, 0.2) is 30.3 Å². The predicted octanol–water partition coefficient (Wildman–Crippen LogP) is 3.32. The van der Waals surface area contributed by atoms with Crippen LogP contribution >= 0.6 is 0 Å². The molecule has 0 spiro atoms. The summed E-state index contributed by atoms with van der Waals surface area (Å²) >= 11 is 0. The Labute approximate surface area is 118 Å². The minimum absolute atomic E-state index is 0.426. The van der Waals surface area contributed by atoms with E-state index in [2.05, 4.69) is 61.3 Å². The molecule has 1 aromatic rings. The Bertz CT molecular complexity index is 380. The first kappa shape index (κ1) is 14.5. The summed E-state index contributed by atoms with van der Waals surface area (Å²) in [5, 5.41) is 3.36. The summed E-state index contributed by atoms with van der Waals surface area (Å²) in [7, 11) is 2.05. The largest absolute Gasteiger partial charge is 0.318 e. The molecule has 0 radical (unpaired) electrons. The normalized spacial score (nSPS) is 22.6. The van der Waals surface area contributed by atoms with E-state index in [0.29, 0.717) is 11.5 Å². The zero-order valence-corrected chi connectivity index (χ0v) is 12.8. The summed E-state index contributed by atoms with van der Waals surface area (Å²) in [5.74, 6) is 0.815. The second-order valence-corrected chi connectivity index (χ2v) is 6.83. The van der Waals surface area contributed by atoms with Gasteiger partial charge in [-0.25, -0.2) is 0 Å². The Balaban J connectivity index is 2.10. The molecule has 1 aliphatic heterocycles. The number of hydrogen-bond donors (Lipinski definition) is 1. The minimum atomic E-state index is 0.426. The molecule has 0 aliphatic carbocycles. The predicted molar refractivity (Wildman–Crippen MR) is 82.2 cm³/mol. The van der Waals surface area contributed by atoms with E-state index in [1.54, 1.807) is 0 Å². The van der Waals surface area contributed by atoms with Gasteiger partial charge in [-0.05, 0) is 36.9 Å². The van der Waals surface area contributed by atoms with Crippen LogP contribution in [0.3, 0.4) is 0 Å². The van der Waals surface area contributed by atoms with Crippen LogP contribution in [0.2, 0.25) is 0 Å². The Morgan fingerprint density at radius 3 is 2.47 bits per heavy atom. The van der Waals surface area contributed by atoms with Crippen LogP contribution < -0.4 is 5.32 Å². The molecule has 2 nitrogen and oxygen atoms in total. The van der Waals surface area contributed by atoms with E-state index < -0.39 is 0 Å². The van der Waals surface area contributed by atoms with Crippen molar-refractivity contribution in [2.24, 2.45) is 11.3 Å². The maximum absolute atomic E-state index is 3.36. The zero-order chi connectivity index (χ0) is 13.9. The van der Waals surface area contributed by atoms with Crippen LogP contribution in [-0.4, -0.2) is 31.6 Å². The number of rotatable bonds is 4. The number of likely N-dealkylation sites (tertiary alicyclic amines) is 1. The van der Waals surface area contributed by atoms with Gasteiger partial charge in [0.2, 0.25) is 0 Å². The van der Waals surface area contributed by atoms with E-state index in [0.717, 1.165) is 12.5 Å². The average molecular weight is 260 g/mol. The van der Waals surface area contributed by atoms with Crippen molar-refractivity contribution in [2.75, 3.05) is 26.7 Å². The topological polar surface area (TPSA) is 15.3 Å². The summed E-state index contributed by atoms with van der Waals surface area (Å²) < 4.78 is 0. The first-order valence-electron chi connectivity index (χ1n) is 7.46. The fourth-order valence-corrected chi connectivity index (χ4v) is 3.10. The third kappa shape index (κ3) is 3.58. The SMILES string of the molecule is CNCC(c1ccccc1)N1CCC(C(C)(C)C)C1. The fraction of sp³-hybridized carbons (Fsp3) is 0.647. The van der Waals surface area contributed by atoms with Crippen LogP contribution in [0.4, 0.5) is 0 Å². The van der Waals surface area contributed by atoms with Gasteiger partial charge in [-0.15, -0.1) is 0 Å². The van der Waals surface area contributed by atoms with Gasteiger partial charge in [-0.1, -0.05) is 51.1 Å². The highest BCUT2D eigenvalue weighted by Crippen LogP contribution is 2.36. The Hall–Kier alpha value is -0.860. The quantitative estimate of drug-likeness (QED) is 0.893. The molecule has 0 saturated carbocycles. The van der Waals surface area contributed by atoms with E-state index in [1.165, 1.54) is 25.1 Å². The summed E-state index contributed by atoms with van der Waals surface area (Å²) in [6.45, 7) is 10.6. The zero-order valence-electron chi connectivity index (χ0n) is 12.8. The van der Waals surface area contributed by atoms with Crippen LogP contribution in [0.5, 0.6) is 0 Å². The van der Waals surface area contributed by atoms with E-state index in [4.69, 9.17) is 0 Å². The van der Waals surface area contributed by atoms with Crippen molar-refractivity contribution in [3.8, 4) is 0 Å². The Morgan fingerprint density at radius 2 is 1.95 bits per heavy atom. The van der Waals surface area contributed by atoms with Gasteiger partial charge < -0.3 is 5.32 Å². The third-order valence-electron chi connectivity index (χ3n) is 4.47. The van der Waals surface area contributed by atoms with Crippen molar-refractivity contribution in [1.82, 2.24) is 10.2 Å². The van der Waals surface area contributed by atoms with E-state index in [-0.39, 0.29) is 0 Å². The highest BCUT2D eigenvalue weighted by molar-refractivity contribution is 5.20. The molecule has 2 rings (SSSR count). The van der Waals surface area contributed by atoms with Gasteiger partial charge in [0.05, 0.1) is 0 Å². The standard InChI is InChI=1S/C17H28N2/c1-17(2,3)15-10-11-19(13-15)16(12-18-4)14-8-6-5-7-9-14/h5-9,15-16,18H,10-13H2,1-4H3. The minimum Gasteiger partial charge on any atom is -0.318 e. The van der Waals surface area contributed by atoms with Crippen molar-refractivity contribution in [3.63, 3.8) is 0 Å². The molecule has 2 unspecified atom stereocenters. The Morgan fingerprint density at radius 1 is 1.26 bits per heavy atom. The molecule has 1 aliphatic rings. The lowest BCUT2D eigenvalue weighted by atomic mass is 9.80. The number of hydrogen-bond acceptors (Lipinski definition) is 2. The van der Waals surface area contributed by atoms with Crippen molar-refractivity contribution in [1.29, 1.82) is 0 Å². The third-order valence-corrected chi connectivity index (χ3v) is 4.47. The van der Waals surface area contributed by atoms with Gasteiger partial charge in [-0.3, -0.25) is 4.90 Å². The van der Waals surface area contributed by atoms with E-state index >= 15 is 0 Å². The summed E-state index contributed by atoms with van der Waals surface area (Å²) in [6.07, 6.45) is 1.33. The lowest BCUT2D eigenvalue weighted by molar-refractivity contribution is 0.193.